The third-order valence-electron chi connectivity index (χ3n) is 3.79. The van der Waals surface area contributed by atoms with Crippen LogP contribution in [0, 0.1) is 12.8 Å². The van der Waals surface area contributed by atoms with E-state index >= 15 is 0 Å². The molecule has 1 aromatic rings. The number of carbonyl (C=O) groups excluding carboxylic acids is 1. The highest BCUT2D eigenvalue weighted by Gasteiger charge is 2.26. The molecule has 1 atom stereocenters. The van der Waals surface area contributed by atoms with Gasteiger partial charge in [0.1, 0.15) is 5.69 Å². The van der Waals surface area contributed by atoms with E-state index < -0.39 is 0 Å². The van der Waals surface area contributed by atoms with Crippen molar-refractivity contribution in [2.75, 3.05) is 13.1 Å². The number of nitrogens with zero attached hydrogens (tertiary/aromatic N) is 3. The van der Waals surface area contributed by atoms with Gasteiger partial charge in [0.25, 0.3) is 5.91 Å². The van der Waals surface area contributed by atoms with Crippen molar-refractivity contribution in [3.8, 4) is 0 Å². The fourth-order valence-corrected chi connectivity index (χ4v) is 2.60. The standard InChI is InChI=1S/C13H22N4O.ClH/c1-9-8-12(16(3)15-9)13(18)17-6-4-11(5-7-17)10(2)14;/h8,10-11H,4-7,14H2,1-3H3;1H. The number of aryl methyl sites for hydroxylation is 2. The average molecular weight is 287 g/mol. The summed E-state index contributed by atoms with van der Waals surface area (Å²) in [6.45, 7) is 5.55. The highest BCUT2D eigenvalue weighted by molar-refractivity contribution is 5.92. The van der Waals surface area contributed by atoms with Crippen LogP contribution in [-0.4, -0.2) is 39.7 Å². The van der Waals surface area contributed by atoms with Crippen molar-refractivity contribution in [1.29, 1.82) is 0 Å². The molecule has 1 unspecified atom stereocenters. The van der Waals surface area contributed by atoms with Gasteiger partial charge in [0.05, 0.1) is 5.69 Å². The van der Waals surface area contributed by atoms with Gasteiger partial charge in [-0.3, -0.25) is 9.48 Å². The Balaban J connectivity index is 0.00000180. The number of likely N-dealkylation sites (tertiary alicyclic amines) is 1. The molecule has 1 aliphatic heterocycles. The molecule has 0 radical (unpaired) electrons. The number of aromatic nitrogens is 2. The second-order valence-corrected chi connectivity index (χ2v) is 5.28. The van der Waals surface area contributed by atoms with Crippen LogP contribution in [0.5, 0.6) is 0 Å². The third kappa shape index (κ3) is 3.48. The van der Waals surface area contributed by atoms with Crippen LogP contribution >= 0.6 is 12.4 Å². The van der Waals surface area contributed by atoms with E-state index in [1.54, 1.807) is 4.68 Å². The van der Waals surface area contributed by atoms with Crippen molar-refractivity contribution in [3.63, 3.8) is 0 Å². The highest BCUT2D eigenvalue weighted by atomic mass is 35.5. The lowest BCUT2D eigenvalue weighted by molar-refractivity contribution is 0.0670. The number of halogens is 1. The molecule has 1 fully saturated rings. The Kier molecular flexibility index (Phi) is 5.38. The van der Waals surface area contributed by atoms with Crippen LogP contribution in [0.2, 0.25) is 0 Å². The minimum absolute atomic E-state index is 0. The van der Waals surface area contributed by atoms with Crippen LogP contribution in [0.4, 0.5) is 0 Å². The second-order valence-electron chi connectivity index (χ2n) is 5.28. The van der Waals surface area contributed by atoms with Crippen molar-refractivity contribution >= 4 is 18.3 Å². The van der Waals surface area contributed by atoms with Crippen LogP contribution in [-0.2, 0) is 7.05 Å². The summed E-state index contributed by atoms with van der Waals surface area (Å²) in [5.41, 5.74) is 7.46. The Morgan fingerprint density at radius 2 is 2.05 bits per heavy atom. The summed E-state index contributed by atoms with van der Waals surface area (Å²) >= 11 is 0. The van der Waals surface area contributed by atoms with Crippen molar-refractivity contribution in [3.05, 3.63) is 17.5 Å². The minimum atomic E-state index is 0. The SMILES string of the molecule is Cc1cc(C(=O)N2CCC(C(C)N)CC2)n(C)n1.Cl. The fraction of sp³-hybridized carbons (Fsp3) is 0.692. The first kappa shape index (κ1) is 16.0. The number of hydrogen-bond acceptors (Lipinski definition) is 3. The lowest BCUT2D eigenvalue weighted by Crippen LogP contribution is -2.43. The van der Waals surface area contributed by atoms with Crippen LogP contribution in [0.25, 0.3) is 0 Å². The molecule has 1 amide bonds. The molecule has 0 aliphatic carbocycles. The van der Waals surface area contributed by atoms with Crippen molar-refractivity contribution < 1.29 is 4.79 Å². The lowest BCUT2D eigenvalue weighted by Gasteiger charge is -2.33. The van der Waals surface area contributed by atoms with Gasteiger partial charge < -0.3 is 10.6 Å². The molecule has 6 heteroatoms. The Bertz CT molecular complexity index is 436. The first-order valence-corrected chi connectivity index (χ1v) is 6.54. The molecule has 0 bridgehead atoms. The van der Waals surface area contributed by atoms with Gasteiger partial charge in [-0.05, 0) is 38.7 Å². The maximum absolute atomic E-state index is 12.3. The summed E-state index contributed by atoms with van der Waals surface area (Å²) in [7, 11) is 1.81. The molecule has 2 rings (SSSR count). The predicted molar refractivity (Wildman–Crippen MR) is 77.5 cm³/mol. The van der Waals surface area contributed by atoms with Crippen molar-refractivity contribution in [2.24, 2.45) is 18.7 Å². The van der Waals surface area contributed by atoms with Gasteiger partial charge in [-0.15, -0.1) is 12.4 Å². The van der Waals surface area contributed by atoms with E-state index in [0.29, 0.717) is 11.6 Å². The Labute approximate surface area is 120 Å². The van der Waals surface area contributed by atoms with Gasteiger partial charge in [0.15, 0.2) is 0 Å². The predicted octanol–water partition coefficient (Wildman–Crippen LogP) is 1.35. The normalized spacial score (nSPS) is 18.0. The van der Waals surface area contributed by atoms with E-state index in [9.17, 15) is 4.79 Å². The molecule has 1 saturated heterocycles. The van der Waals surface area contributed by atoms with Crippen molar-refractivity contribution in [2.45, 2.75) is 32.7 Å². The molecular weight excluding hydrogens is 264 g/mol. The first-order chi connectivity index (χ1) is 8.49. The zero-order valence-electron chi connectivity index (χ0n) is 11.8. The zero-order chi connectivity index (χ0) is 13.3. The van der Waals surface area contributed by atoms with Crippen LogP contribution in [0.15, 0.2) is 6.07 Å². The van der Waals surface area contributed by atoms with E-state index in [1.807, 2.05) is 31.9 Å². The summed E-state index contributed by atoms with van der Waals surface area (Å²) in [6, 6.07) is 2.07. The highest BCUT2D eigenvalue weighted by Crippen LogP contribution is 2.21. The monoisotopic (exact) mass is 286 g/mol. The van der Waals surface area contributed by atoms with E-state index in [2.05, 4.69) is 5.10 Å². The molecule has 0 saturated carbocycles. The molecule has 0 aromatic carbocycles. The minimum Gasteiger partial charge on any atom is -0.337 e. The molecular formula is C13H23ClN4O. The molecule has 1 aliphatic rings. The molecule has 1 aromatic heterocycles. The number of piperidine rings is 1. The smallest absolute Gasteiger partial charge is 0.272 e. The number of nitrogens with two attached hydrogens (primary N) is 1. The van der Waals surface area contributed by atoms with Crippen LogP contribution < -0.4 is 5.73 Å². The van der Waals surface area contributed by atoms with E-state index in [1.165, 1.54) is 0 Å². The molecule has 0 spiro atoms. The van der Waals surface area contributed by atoms with E-state index in [-0.39, 0.29) is 24.4 Å². The maximum atomic E-state index is 12.3. The fourth-order valence-electron chi connectivity index (χ4n) is 2.60. The van der Waals surface area contributed by atoms with Gasteiger partial charge in [0, 0.05) is 26.2 Å². The molecule has 2 N–H and O–H groups in total. The number of hydrogen-bond donors (Lipinski definition) is 1. The topological polar surface area (TPSA) is 64.2 Å². The molecule has 19 heavy (non-hydrogen) atoms. The van der Waals surface area contributed by atoms with Gasteiger partial charge >= 0.3 is 0 Å². The largest absolute Gasteiger partial charge is 0.337 e. The summed E-state index contributed by atoms with van der Waals surface area (Å²) in [5.74, 6) is 0.628. The van der Waals surface area contributed by atoms with Gasteiger partial charge in [-0.1, -0.05) is 0 Å². The van der Waals surface area contributed by atoms with Gasteiger partial charge in [-0.25, -0.2) is 0 Å². The number of amides is 1. The molecule has 2 heterocycles. The average Bonchev–Trinajstić information content (AvgIpc) is 2.67. The van der Waals surface area contributed by atoms with E-state index in [4.69, 9.17) is 5.73 Å². The Morgan fingerprint density at radius 1 is 1.47 bits per heavy atom. The van der Waals surface area contributed by atoms with Crippen LogP contribution in [0.3, 0.4) is 0 Å². The third-order valence-corrected chi connectivity index (χ3v) is 3.79. The first-order valence-electron chi connectivity index (χ1n) is 6.54. The number of rotatable bonds is 2. The Morgan fingerprint density at radius 3 is 2.47 bits per heavy atom. The van der Waals surface area contributed by atoms with Crippen LogP contribution in [0.1, 0.15) is 35.9 Å². The second kappa shape index (κ2) is 6.39. The lowest BCUT2D eigenvalue weighted by atomic mass is 9.91. The van der Waals surface area contributed by atoms with Crippen molar-refractivity contribution in [1.82, 2.24) is 14.7 Å². The summed E-state index contributed by atoms with van der Waals surface area (Å²) in [5, 5.41) is 4.22. The Hall–Kier alpha value is -1.07. The summed E-state index contributed by atoms with van der Waals surface area (Å²) in [6.07, 6.45) is 2.00. The molecule has 108 valence electrons. The van der Waals surface area contributed by atoms with E-state index in [0.717, 1.165) is 31.6 Å². The quantitative estimate of drug-likeness (QED) is 0.892. The maximum Gasteiger partial charge on any atom is 0.272 e. The summed E-state index contributed by atoms with van der Waals surface area (Å²) in [4.78, 5) is 14.3. The molecule has 5 nitrogen and oxygen atoms in total. The van der Waals surface area contributed by atoms with Gasteiger partial charge in [-0.2, -0.15) is 5.10 Å². The zero-order valence-corrected chi connectivity index (χ0v) is 12.6. The summed E-state index contributed by atoms with van der Waals surface area (Å²) < 4.78 is 1.66. The number of carbonyl (C=O) groups is 1. The van der Waals surface area contributed by atoms with Gasteiger partial charge in [0.2, 0.25) is 0 Å².